The largest absolute Gasteiger partial charge is 0.383 e. The second kappa shape index (κ2) is 9.79. The van der Waals surface area contributed by atoms with E-state index < -0.39 is 10.0 Å². The molecular weight excluding hydrogens is 444 g/mol. The number of hydrogen-bond donors (Lipinski definition) is 2. The van der Waals surface area contributed by atoms with E-state index in [0.29, 0.717) is 42.4 Å². The molecular formula is C22H26N6O4S. The Balaban J connectivity index is 1.47. The van der Waals surface area contributed by atoms with E-state index in [9.17, 15) is 13.2 Å². The van der Waals surface area contributed by atoms with Crippen LogP contribution in [-0.2, 0) is 14.8 Å². The first kappa shape index (κ1) is 23.1. The lowest BCUT2D eigenvalue weighted by Gasteiger charge is -2.34. The van der Waals surface area contributed by atoms with Crippen molar-refractivity contribution in [1.82, 2.24) is 19.8 Å². The fraction of sp³-hybridized carbons (Fsp3) is 0.318. The van der Waals surface area contributed by atoms with Crippen LogP contribution in [-0.4, -0.2) is 80.5 Å². The van der Waals surface area contributed by atoms with Crippen LogP contribution in [0.3, 0.4) is 0 Å². The first-order chi connectivity index (χ1) is 15.8. The number of carbonyl (C=O) groups excluding carboxylic acids is 1. The minimum Gasteiger partial charge on any atom is -0.383 e. The zero-order valence-electron chi connectivity index (χ0n) is 18.3. The predicted octanol–water partition coefficient (Wildman–Crippen LogP) is 1.43. The molecule has 10 nitrogen and oxygen atoms in total. The topological polar surface area (TPSA) is 131 Å². The minimum absolute atomic E-state index is 0.0185. The van der Waals surface area contributed by atoms with Crippen LogP contribution in [0.1, 0.15) is 10.4 Å². The molecule has 1 saturated heterocycles. The fourth-order valence-corrected chi connectivity index (χ4v) is 4.17. The number of anilines is 2. The summed E-state index contributed by atoms with van der Waals surface area (Å²) < 4.78 is 27.9. The highest BCUT2D eigenvalue weighted by molar-refractivity contribution is 7.89. The van der Waals surface area contributed by atoms with Crippen LogP contribution in [0.15, 0.2) is 53.6 Å². The highest BCUT2D eigenvalue weighted by atomic mass is 32.2. The van der Waals surface area contributed by atoms with Crippen molar-refractivity contribution in [3.63, 3.8) is 0 Å². The van der Waals surface area contributed by atoms with Crippen LogP contribution in [0.2, 0.25) is 0 Å². The third kappa shape index (κ3) is 5.63. The molecule has 1 aromatic heterocycles. The molecule has 1 aliphatic rings. The number of amides is 1. The molecule has 1 amide bonds. The van der Waals surface area contributed by atoms with Crippen molar-refractivity contribution in [2.45, 2.75) is 4.90 Å². The van der Waals surface area contributed by atoms with Gasteiger partial charge in [-0.1, -0.05) is 6.07 Å². The first-order valence-electron chi connectivity index (χ1n) is 10.5. The molecule has 3 aromatic rings. The van der Waals surface area contributed by atoms with E-state index in [1.165, 1.54) is 12.1 Å². The number of aromatic nitrogens is 2. The number of primary sulfonamides is 1. The fourth-order valence-electron chi connectivity index (χ4n) is 3.65. The number of nitrogens with one attached hydrogen (secondary N) is 1. The summed E-state index contributed by atoms with van der Waals surface area (Å²) in [5.74, 6) is 0.317. The number of methoxy groups -OCH3 is 1. The SMILES string of the molecule is COCCN1CCN(C(=O)c2ccc3cnc(Nc4ccc(S(N)(=O)=O)cc4)nc3c2)CC1. The Morgan fingerprint density at radius 2 is 1.85 bits per heavy atom. The van der Waals surface area contributed by atoms with Crippen molar-refractivity contribution in [3.8, 4) is 0 Å². The van der Waals surface area contributed by atoms with Gasteiger partial charge in [-0.15, -0.1) is 0 Å². The first-order valence-corrected chi connectivity index (χ1v) is 12.1. The third-order valence-electron chi connectivity index (χ3n) is 5.54. The van der Waals surface area contributed by atoms with E-state index >= 15 is 0 Å². The predicted molar refractivity (Wildman–Crippen MR) is 125 cm³/mol. The molecule has 0 radical (unpaired) electrons. The summed E-state index contributed by atoms with van der Waals surface area (Å²) in [5.41, 5.74) is 1.83. The molecule has 3 N–H and O–H groups in total. The molecule has 0 spiro atoms. The van der Waals surface area contributed by atoms with Crippen LogP contribution in [0.25, 0.3) is 10.9 Å². The average Bonchev–Trinajstić information content (AvgIpc) is 2.82. The Kier molecular flexibility index (Phi) is 6.84. The molecule has 11 heteroatoms. The van der Waals surface area contributed by atoms with E-state index in [2.05, 4.69) is 20.2 Å². The Bertz CT molecular complexity index is 1240. The van der Waals surface area contributed by atoms with Gasteiger partial charge in [0, 0.05) is 62.7 Å². The summed E-state index contributed by atoms with van der Waals surface area (Å²) in [5, 5.41) is 8.98. The van der Waals surface area contributed by atoms with Gasteiger partial charge in [0.25, 0.3) is 5.91 Å². The number of fused-ring (bicyclic) bond motifs is 1. The molecule has 174 valence electrons. The maximum atomic E-state index is 13.0. The summed E-state index contributed by atoms with van der Waals surface area (Å²) in [4.78, 5) is 26.0. The van der Waals surface area contributed by atoms with Crippen LogP contribution in [0.5, 0.6) is 0 Å². The van der Waals surface area contributed by atoms with E-state index in [1.54, 1.807) is 37.6 Å². The summed E-state index contributed by atoms with van der Waals surface area (Å²) in [6.45, 7) is 4.54. The smallest absolute Gasteiger partial charge is 0.254 e. The second-order valence-corrected chi connectivity index (χ2v) is 9.35. The van der Waals surface area contributed by atoms with Gasteiger partial charge in [-0.2, -0.15) is 0 Å². The van der Waals surface area contributed by atoms with Crippen molar-refractivity contribution in [2.24, 2.45) is 5.14 Å². The maximum absolute atomic E-state index is 13.0. The number of nitrogens with zero attached hydrogens (tertiary/aromatic N) is 4. The number of sulfonamides is 1. The summed E-state index contributed by atoms with van der Waals surface area (Å²) in [6, 6.07) is 11.4. The van der Waals surface area contributed by atoms with Crippen LogP contribution < -0.4 is 10.5 Å². The summed E-state index contributed by atoms with van der Waals surface area (Å²) in [7, 11) is -2.07. The monoisotopic (exact) mass is 470 g/mol. The maximum Gasteiger partial charge on any atom is 0.254 e. The summed E-state index contributed by atoms with van der Waals surface area (Å²) in [6.07, 6.45) is 1.67. The number of carbonyl (C=O) groups is 1. The van der Waals surface area contributed by atoms with Crippen molar-refractivity contribution in [2.75, 3.05) is 51.8 Å². The number of rotatable bonds is 7. The zero-order valence-corrected chi connectivity index (χ0v) is 19.1. The number of benzene rings is 2. The van der Waals surface area contributed by atoms with Gasteiger partial charge in [-0.3, -0.25) is 9.69 Å². The third-order valence-corrected chi connectivity index (χ3v) is 6.47. The molecule has 0 aliphatic carbocycles. The van der Waals surface area contributed by atoms with Gasteiger partial charge in [0.05, 0.1) is 17.0 Å². The Morgan fingerprint density at radius 1 is 1.12 bits per heavy atom. The zero-order chi connectivity index (χ0) is 23.4. The summed E-state index contributed by atoms with van der Waals surface area (Å²) >= 11 is 0. The van der Waals surface area contributed by atoms with Crippen molar-refractivity contribution in [1.29, 1.82) is 0 Å². The molecule has 1 fully saturated rings. The number of piperazine rings is 1. The Labute approximate surface area is 192 Å². The van der Waals surface area contributed by atoms with E-state index in [-0.39, 0.29) is 10.8 Å². The van der Waals surface area contributed by atoms with E-state index in [4.69, 9.17) is 9.88 Å². The van der Waals surface area contributed by atoms with Gasteiger partial charge in [0.2, 0.25) is 16.0 Å². The average molecular weight is 471 g/mol. The highest BCUT2D eigenvalue weighted by Gasteiger charge is 2.22. The minimum atomic E-state index is -3.75. The lowest BCUT2D eigenvalue weighted by molar-refractivity contribution is 0.0594. The standard InChI is InChI=1S/C22H26N6O4S/c1-32-13-12-27-8-10-28(11-9-27)21(29)16-2-3-17-15-24-22(26-20(17)14-16)25-18-4-6-19(7-5-18)33(23,30)31/h2-7,14-15H,8-13H2,1H3,(H2,23,30,31)(H,24,25,26). The van der Waals surface area contributed by atoms with Gasteiger partial charge in [-0.25, -0.2) is 23.5 Å². The molecule has 1 aliphatic heterocycles. The van der Waals surface area contributed by atoms with Gasteiger partial charge in [-0.05, 0) is 36.4 Å². The number of hydrogen-bond acceptors (Lipinski definition) is 8. The van der Waals surface area contributed by atoms with E-state index in [1.807, 2.05) is 11.0 Å². The molecule has 2 heterocycles. The van der Waals surface area contributed by atoms with Crippen molar-refractivity contribution in [3.05, 3.63) is 54.2 Å². The number of ether oxygens (including phenoxy) is 1. The molecule has 2 aromatic carbocycles. The molecule has 0 atom stereocenters. The molecule has 0 bridgehead atoms. The van der Waals surface area contributed by atoms with E-state index in [0.717, 1.165) is 25.0 Å². The van der Waals surface area contributed by atoms with Crippen molar-refractivity contribution >= 4 is 38.5 Å². The lowest BCUT2D eigenvalue weighted by atomic mass is 10.1. The Morgan fingerprint density at radius 3 is 2.52 bits per heavy atom. The van der Waals surface area contributed by atoms with Gasteiger partial charge >= 0.3 is 0 Å². The molecule has 33 heavy (non-hydrogen) atoms. The van der Waals surface area contributed by atoms with Crippen LogP contribution >= 0.6 is 0 Å². The van der Waals surface area contributed by atoms with Crippen LogP contribution in [0.4, 0.5) is 11.6 Å². The number of nitrogens with two attached hydrogens (primary N) is 1. The molecule has 4 rings (SSSR count). The lowest BCUT2D eigenvalue weighted by Crippen LogP contribution is -2.49. The van der Waals surface area contributed by atoms with Gasteiger partial charge in [0.15, 0.2) is 0 Å². The highest BCUT2D eigenvalue weighted by Crippen LogP contribution is 2.20. The quantitative estimate of drug-likeness (QED) is 0.530. The van der Waals surface area contributed by atoms with Crippen molar-refractivity contribution < 1.29 is 17.9 Å². The van der Waals surface area contributed by atoms with Crippen LogP contribution in [0, 0.1) is 0 Å². The van der Waals surface area contributed by atoms with Gasteiger partial charge in [0.1, 0.15) is 0 Å². The second-order valence-electron chi connectivity index (χ2n) is 7.79. The molecule has 0 unspecified atom stereocenters. The van der Waals surface area contributed by atoms with Gasteiger partial charge < -0.3 is 15.0 Å². The molecule has 0 saturated carbocycles. The normalized spacial score (nSPS) is 15.0. The Hall–Kier alpha value is -3.12.